The van der Waals surface area contributed by atoms with Crippen LogP contribution in [0.3, 0.4) is 0 Å². The predicted octanol–water partition coefficient (Wildman–Crippen LogP) is 4.99. The van der Waals surface area contributed by atoms with E-state index < -0.39 is 10.7 Å². The first kappa shape index (κ1) is 17.9. The van der Waals surface area contributed by atoms with Gasteiger partial charge in [0, 0.05) is 4.90 Å². The molecule has 1 aromatic rings. The SMILES string of the molecule is CCCCCCC(CC)(Sc1ccc(OC)cc1)C(=O)O. The number of benzene rings is 1. The lowest BCUT2D eigenvalue weighted by atomic mass is 9.97. The van der Waals surface area contributed by atoms with Gasteiger partial charge in [0.05, 0.1) is 7.11 Å². The Hall–Kier alpha value is -1.16. The molecule has 0 heterocycles. The van der Waals surface area contributed by atoms with Gasteiger partial charge >= 0.3 is 5.97 Å². The zero-order valence-corrected chi connectivity index (χ0v) is 14.0. The van der Waals surface area contributed by atoms with Gasteiger partial charge < -0.3 is 9.84 Å². The van der Waals surface area contributed by atoms with Crippen molar-refractivity contribution in [2.45, 2.75) is 62.0 Å². The molecular formula is C17H26O3S. The van der Waals surface area contributed by atoms with Crippen LogP contribution < -0.4 is 4.74 Å². The normalized spacial score (nSPS) is 13.7. The van der Waals surface area contributed by atoms with Gasteiger partial charge in [-0.3, -0.25) is 4.79 Å². The van der Waals surface area contributed by atoms with Crippen molar-refractivity contribution in [1.82, 2.24) is 0 Å². The summed E-state index contributed by atoms with van der Waals surface area (Å²) >= 11 is 1.47. The molecule has 1 unspecified atom stereocenters. The molecule has 1 rings (SSSR count). The first-order valence-electron chi connectivity index (χ1n) is 7.64. The van der Waals surface area contributed by atoms with Gasteiger partial charge in [-0.25, -0.2) is 0 Å². The molecule has 3 nitrogen and oxygen atoms in total. The molecule has 0 saturated carbocycles. The number of carboxylic acid groups (broad SMARTS) is 1. The van der Waals surface area contributed by atoms with Crippen LogP contribution in [0.25, 0.3) is 0 Å². The number of aliphatic carboxylic acids is 1. The van der Waals surface area contributed by atoms with Crippen LogP contribution in [0.4, 0.5) is 0 Å². The molecule has 0 aliphatic rings. The second-order valence-electron chi connectivity index (χ2n) is 5.24. The molecule has 0 aliphatic carbocycles. The summed E-state index contributed by atoms with van der Waals surface area (Å²) in [5.41, 5.74) is 0. The van der Waals surface area contributed by atoms with Crippen LogP contribution in [-0.4, -0.2) is 22.9 Å². The molecule has 21 heavy (non-hydrogen) atoms. The van der Waals surface area contributed by atoms with Crippen molar-refractivity contribution < 1.29 is 14.6 Å². The average molecular weight is 310 g/mol. The molecule has 0 aliphatic heterocycles. The fourth-order valence-electron chi connectivity index (χ4n) is 2.31. The Labute approximate surface area is 132 Å². The van der Waals surface area contributed by atoms with Crippen molar-refractivity contribution in [3.05, 3.63) is 24.3 Å². The number of ether oxygens (including phenoxy) is 1. The van der Waals surface area contributed by atoms with Gasteiger partial charge in [0.2, 0.25) is 0 Å². The Morgan fingerprint density at radius 2 is 1.86 bits per heavy atom. The Balaban J connectivity index is 2.77. The number of hydrogen-bond donors (Lipinski definition) is 1. The summed E-state index contributed by atoms with van der Waals surface area (Å²) < 4.78 is 4.42. The Morgan fingerprint density at radius 1 is 1.19 bits per heavy atom. The molecule has 0 fully saturated rings. The quantitative estimate of drug-likeness (QED) is 0.488. The molecule has 4 heteroatoms. The third-order valence-electron chi connectivity index (χ3n) is 3.77. The van der Waals surface area contributed by atoms with Crippen LogP contribution in [0, 0.1) is 0 Å². The molecule has 0 bridgehead atoms. The highest BCUT2D eigenvalue weighted by atomic mass is 32.2. The number of methoxy groups -OCH3 is 1. The predicted molar refractivity (Wildman–Crippen MR) is 88.3 cm³/mol. The molecule has 0 saturated heterocycles. The lowest BCUT2D eigenvalue weighted by molar-refractivity contribution is -0.140. The van der Waals surface area contributed by atoms with E-state index in [1.54, 1.807) is 7.11 Å². The molecule has 0 amide bonds. The third kappa shape index (κ3) is 5.27. The Morgan fingerprint density at radius 3 is 2.33 bits per heavy atom. The van der Waals surface area contributed by atoms with Crippen LogP contribution in [0.5, 0.6) is 5.75 Å². The van der Waals surface area contributed by atoms with Crippen molar-refractivity contribution in [2.75, 3.05) is 7.11 Å². The highest BCUT2D eigenvalue weighted by Crippen LogP contribution is 2.40. The minimum atomic E-state index is -0.720. The summed E-state index contributed by atoms with van der Waals surface area (Å²) in [6.45, 7) is 4.13. The van der Waals surface area contributed by atoms with Crippen LogP contribution in [0.1, 0.15) is 52.4 Å². The maximum absolute atomic E-state index is 11.8. The fraction of sp³-hybridized carbons (Fsp3) is 0.588. The summed E-state index contributed by atoms with van der Waals surface area (Å²) in [6, 6.07) is 7.62. The van der Waals surface area contributed by atoms with Crippen molar-refractivity contribution >= 4 is 17.7 Å². The van der Waals surface area contributed by atoms with Crippen molar-refractivity contribution in [1.29, 1.82) is 0 Å². The van der Waals surface area contributed by atoms with Gasteiger partial charge in [-0.1, -0.05) is 39.5 Å². The van der Waals surface area contributed by atoms with Gasteiger partial charge in [-0.2, -0.15) is 0 Å². The smallest absolute Gasteiger partial charge is 0.320 e. The number of carboxylic acids is 1. The monoisotopic (exact) mass is 310 g/mol. The number of hydrogen-bond acceptors (Lipinski definition) is 3. The first-order valence-corrected chi connectivity index (χ1v) is 8.46. The van der Waals surface area contributed by atoms with E-state index in [1.165, 1.54) is 18.2 Å². The average Bonchev–Trinajstić information content (AvgIpc) is 2.50. The zero-order valence-electron chi connectivity index (χ0n) is 13.2. The molecular weight excluding hydrogens is 284 g/mol. The van der Waals surface area contributed by atoms with Crippen molar-refractivity contribution in [3.8, 4) is 5.75 Å². The Kier molecular flexibility index (Phi) is 7.65. The van der Waals surface area contributed by atoms with Crippen LogP contribution >= 0.6 is 11.8 Å². The minimum Gasteiger partial charge on any atom is -0.497 e. The highest BCUT2D eigenvalue weighted by molar-refractivity contribution is 8.01. The molecule has 118 valence electrons. The number of thioether (sulfide) groups is 1. The van der Waals surface area contributed by atoms with Crippen LogP contribution in [0.2, 0.25) is 0 Å². The molecule has 0 aromatic heterocycles. The lowest BCUT2D eigenvalue weighted by Gasteiger charge is -2.27. The van der Waals surface area contributed by atoms with E-state index in [4.69, 9.17) is 4.74 Å². The topological polar surface area (TPSA) is 46.5 Å². The van der Waals surface area contributed by atoms with E-state index in [9.17, 15) is 9.90 Å². The number of unbranched alkanes of at least 4 members (excludes halogenated alkanes) is 3. The van der Waals surface area contributed by atoms with E-state index in [0.717, 1.165) is 36.3 Å². The van der Waals surface area contributed by atoms with E-state index in [0.29, 0.717) is 6.42 Å². The maximum Gasteiger partial charge on any atom is 0.320 e. The molecule has 0 spiro atoms. The molecule has 1 aromatic carbocycles. The van der Waals surface area contributed by atoms with Gasteiger partial charge in [0.25, 0.3) is 0 Å². The molecule has 1 atom stereocenters. The minimum absolute atomic E-state index is 0.630. The highest BCUT2D eigenvalue weighted by Gasteiger charge is 2.37. The largest absolute Gasteiger partial charge is 0.497 e. The van der Waals surface area contributed by atoms with Gasteiger partial charge in [-0.15, -0.1) is 11.8 Å². The molecule has 0 radical (unpaired) electrons. The summed E-state index contributed by atoms with van der Waals surface area (Å²) in [6.07, 6.45) is 5.76. The van der Waals surface area contributed by atoms with Gasteiger partial charge in [-0.05, 0) is 37.1 Å². The lowest BCUT2D eigenvalue weighted by Crippen LogP contribution is -2.34. The summed E-state index contributed by atoms with van der Waals surface area (Å²) in [5.74, 6) is 0.0852. The van der Waals surface area contributed by atoms with Gasteiger partial charge in [0.15, 0.2) is 0 Å². The standard InChI is InChI=1S/C17H26O3S/c1-4-6-7-8-13-17(5-2,16(18)19)21-15-11-9-14(20-3)10-12-15/h9-12H,4-8,13H2,1-3H3,(H,18,19). The van der Waals surface area contributed by atoms with Crippen LogP contribution in [0.15, 0.2) is 29.2 Å². The number of rotatable bonds is 10. The molecule has 1 N–H and O–H groups in total. The zero-order chi connectivity index (χ0) is 15.7. The van der Waals surface area contributed by atoms with Crippen molar-refractivity contribution in [2.24, 2.45) is 0 Å². The van der Waals surface area contributed by atoms with E-state index in [2.05, 4.69) is 6.92 Å². The van der Waals surface area contributed by atoms with Gasteiger partial charge in [0.1, 0.15) is 10.5 Å². The fourth-order valence-corrected chi connectivity index (χ4v) is 3.51. The van der Waals surface area contributed by atoms with E-state index >= 15 is 0 Å². The summed E-state index contributed by atoms with van der Waals surface area (Å²) in [7, 11) is 1.63. The van der Waals surface area contributed by atoms with E-state index in [-0.39, 0.29) is 0 Å². The third-order valence-corrected chi connectivity index (χ3v) is 5.33. The van der Waals surface area contributed by atoms with E-state index in [1.807, 2.05) is 31.2 Å². The number of carbonyl (C=O) groups is 1. The second-order valence-corrected chi connectivity index (χ2v) is 6.70. The van der Waals surface area contributed by atoms with Crippen molar-refractivity contribution in [3.63, 3.8) is 0 Å². The van der Waals surface area contributed by atoms with Crippen LogP contribution in [-0.2, 0) is 4.79 Å². The first-order chi connectivity index (χ1) is 10.1. The summed E-state index contributed by atoms with van der Waals surface area (Å²) in [5, 5.41) is 9.70. The summed E-state index contributed by atoms with van der Waals surface area (Å²) in [4.78, 5) is 12.8. The second kappa shape index (κ2) is 8.98. The maximum atomic E-state index is 11.8. The Bertz CT molecular complexity index is 430.